The second kappa shape index (κ2) is 8.77. The molecule has 24 heavy (non-hydrogen) atoms. The van der Waals surface area contributed by atoms with Crippen LogP contribution in [-0.2, 0) is 6.54 Å². The van der Waals surface area contributed by atoms with Gasteiger partial charge in [0.25, 0.3) is 5.88 Å². The van der Waals surface area contributed by atoms with E-state index < -0.39 is 12.2 Å². The van der Waals surface area contributed by atoms with E-state index in [1.54, 1.807) is 12.1 Å². The predicted octanol–water partition coefficient (Wildman–Crippen LogP) is 3.83. The molecule has 0 unspecified atom stereocenters. The Hall–Kier alpha value is -1.96. The SMILES string of the molecule is CCCCOc1c(Br)c(OC(F)F)nn(Cc2ccccc2)c1=O. The molecule has 8 heteroatoms. The quantitative estimate of drug-likeness (QED) is 0.629. The van der Waals surface area contributed by atoms with E-state index in [9.17, 15) is 13.6 Å². The number of benzene rings is 1. The molecular formula is C16H17BrF2N2O3. The molecule has 2 aromatic rings. The summed E-state index contributed by atoms with van der Waals surface area (Å²) in [6.07, 6.45) is 1.61. The van der Waals surface area contributed by atoms with Crippen LogP contribution >= 0.6 is 15.9 Å². The van der Waals surface area contributed by atoms with Crippen LogP contribution in [0.3, 0.4) is 0 Å². The fourth-order valence-electron chi connectivity index (χ4n) is 1.97. The van der Waals surface area contributed by atoms with Crippen molar-refractivity contribution in [2.75, 3.05) is 6.61 Å². The van der Waals surface area contributed by atoms with Crippen molar-refractivity contribution in [3.05, 3.63) is 50.7 Å². The Bertz CT molecular complexity index is 723. The Balaban J connectivity index is 2.40. The minimum atomic E-state index is -3.06. The van der Waals surface area contributed by atoms with Gasteiger partial charge in [0.05, 0.1) is 13.2 Å². The normalized spacial score (nSPS) is 10.9. The van der Waals surface area contributed by atoms with E-state index >= 15 is 0 Å². The van der Waals surface area contributed by atoms with Gasteiger partial charge < -0.3 is 9.47 Å². The van der Waals surface area contributed by atoms with Crippen molar-refractivity contribution in [3.63, 3.8) is 0 Å². The molecule has 130 valence electrons. The number of aromatic nitrogens is 2. The summed E-state index contributed by atoms with van der Waals surface area (Å²) in [6, 6.07) is 9.08. The van der Waals surface area contributed by atoms with Crippen LogP contribution in [0.2, 0.25) is 0 Å². The van der Waals surface area contributed by atoms with Gasteiger partial charge in [0.2, 0.25) is 5.75 Å². The Morgan fingerprint density at radius 2 is 2.00 bits per heavy atom. The molecule has 0 spiro atoms. The maximum atomic E-state index is 12.6. The largest absolute Gasteiger partial charge is 0.487 e. The summed E-state index contributed by atoms with van der Waals surface area (Å²) in [5.74, 6) is -0.461. The molecule has 0 radical (unpaired) electrons. The Labute approximate surface area is 146 Å². The smallest absolute Gasteiger partial charge is 0.388 e. The lowest BCUT2D eigenvalue weighted by molar-refractivity contribution is -0.0547. The third kappa shape index (κ3) is 4.77. The number of ether oxygens (including phenoxy) is 2. The summed E-state index contributed by atoms with van der Waals surface area (Å²) in [5, 5.41) is 3.87. The van der Waals surface area contributed by atoms with Gasteiger partial charge in [-0.25, -0.2) is 4.68 Å². The number of halogens is 3. The van der Waals surface area contributed by atoms with Crippen LogP contribution < -0.4 is 15.0 Å². The second-order valence-corrected chi connectivity index (χ2v) is 5.77. The molecule has 0 saturated carbocycles. The van der Waals surface area contributed by atoms with E-state index in [-0.39, 0.29) is 22.6 Å². The van der Waals surface area contributed by atoms with Gasteiger partial charge in [0.1, 0.15) is 4.47 Å². The van der Waals surface area contributed by atoms with Gasteiger partial charge in [0, 0.05) is 0 Å². The predicted molar refractivity (Wildman–Crippen MR) is 88.8 cm³/mol. The van der Waals surface area contributed by atoms with Crippen molar-refractivity contribution in [3.8, 4) is 11.6 Å². The van der Waals surface area contributed by atoms with Gasteiger partial charge in [-0.05, 0) is 27.9 Å². The Morgan fingerprint density at radius 1 is 1.29 bits per heavy atom. The lowest BCUT2D eigenvalue weighted by Gasteiger charge is -2.14. The number of alkyl halides is 2. The molecule has 0 aliphatic heterocycles. The molecule has 1 aromatic heterocycles. The van der Waals surface area contributed by atoms with E-state index in [0.717, 1.165) is 23.1 Å². The molecule has 2 rings (SSSR count). The molecule has 5 nitrogen and oxygen atoms in total. The lowest BCUT2D eigenvalue weighted by Crippen LogP contribution is -2.27. The second-order valence-electron chi connectivity index (χ2n) is 4.98. The number of hydrogen-bond acceptors (Lipinski definition) is 4. The van der Waals surface area contributed by atoms with Gasteiger partial charge in [-0.3, -0.25) is 4.79 Å². The van der Waals surface area contributed by atoms with Crippen molar-refractivity contribution >= 4 is 15.9 Å². The molecule has 0 saturated heterocycles. The molecule has 1 aromatic carbocycles. The molecular weight excluding hydrogens is 386 g/mol. The zero-order valence-electron chi connectivity index (χ0n) is 13.0. The highest BCUT2D eigenvalue weighted by molar-refractivity contribution is 9.10. The Morgan fingerprint density at radius 3 is 2.62 bits per heavy atom. The molecule has 0 aliphatic rings. The molecule has 0 aliphatic carbocycles. The van der Waals surface area contributed by atoms with Crippen LogP contribution in [0.25, 0.3) is 0 Å². The van der Waals surface area contributed by atoms with Crippen LogP contribution in [0.1, 0.15) is 25.3 Å². The molecule has 0 atom stereocenters. The molecule has 0 fully saturated rings. The highest BCUT2D eigenvalue weighted by atomic mass is 79.9. The first-order valence-electron chi connectivity index (χ1n) is 7.45. The number of nitrogens with zero attached hydrogens (tertiary/aromatic N) is 2. The first-order valence-corrected chi connectivity index (χ1v) is 8.24. The van der Waals surface area contributed by atoms with Crippen molar-refractivity contribution in [1.82, 2.24) is 9.78 Å². The minimum absolute atomic E-state index is 0.00628. The van der Waals surface area contributed by atoms with E-state index in [2.05, 4.69) is 25.8 Å². The fourth-order valence-corrected chi connectivity index (χ4v) is 2.43. The van der Waals surface area contributed by atoms with Crippen LogP contribution in [0, 0.1) is 0 Å². The topological polar surface area (TPSA) is 53.4 Å². The minimum Gasteiger partial charge on any atom is -0.487 e. The third-order valence-electron chi connectivity index (χ3n) is 3.15. The summed E-state index contributed by atoms with van der Waals surface area (Å²) in [5.41, 5.74) is 0.292. The van der Waals surface area contributed by atoms with Crippen molar-refractivity contribution < 1.29 is 18.3 Å². The summed E-state index contributed by atoms with van der Waals surface area (Å²) < 4.78 is 36.1. The maximum Gasteiger partial charge on any atom is 0.388 e. The fraction of sp³-hybridized carbons (Fsp3) is 0.375. The van der Waals surface area contributed by atoms with E-state index in [4.69, 9.17) is 4.74 Å². The van der Waals surface area contributed by atoms with Crippen LogP contribution in [0.4, 0.5) is 8.78 Å². The van der Waals surface area contributed by atoms with Crippen LogP contribution in [-0.4, -0.2) is 23.0 Å². The zero-order chi connectivity index (χ0) is 17.5. The monoisotopic (exact) mass is 402 g/mol. The molecule has 0 amide bonds. The summed E-state index contributed by atoms with van der Waals surface area (Å²) in [4.78, 5) is 12.5. The van der Waals surface area contributed by atoms with Gasteiger partial charge in [-0.2, -0.15) is 8.78 Å². The van der Waals surface area contributed by atoms with Crippen LogP contribution in [0.5, 0.6) is 11.6 Å². The summed E-state index contributed by atoms with van der Waals surface area (Å²) in [7, 11) is 0. The first-order chi connectivity index (χ1) is 11.5. The Kier molecular flexibility index (Phi) is 6.72. The van der Waals surface area contributed by atoms with E-state index in [1.807, 2.05) is 25.1 Å². The van der Waals surface area contributed by atoms with E-state index in [0.29, 0.717) is 6.61 Å². The molecule has 1 heterocycles. The standard InChI is InChI=1S/C16H17BrF2N2O3/c1-2-3-9-23-13-12(17)14(24-16(18)19)20-21(15(13)22)10-11-7-5-4-6-8-11/h4-8,16H,2-3,9-10H2,1H3. The molecule has 0 N–H and O–H groups in total. The maximum absolute atomic E-state index is 12.6. The zero-order valence-corrected chi connectivity index (χ0v) is 14.6. The van der Waals surface area contributed by atoms with E-state index in [1.165, 1.54) is 0 Å². The first kappa shape index (κ1) is 18.4. The number of unbranched alkanes of at least 4 members (excludes halogenated alkanes) is 1. The average Bonchev–Trinajstić information content (AvgIpc) is 2.56. The molecule has 0 bridgehead atoms. The van der Waals surface area contributed by atoms with Crippen molar-refractivity contribution in [1.29, 1.82) is 0 Å². The summed E-state index contributed by atoms with van der Waals surface area (Å²) >= 11 is 3.07. The van der Waals surface area contributed by atoms with Gasteiger partial charge in [0.15, 0.2) is 0 Å². The highest BCUT2D eigenvalue weighted by Gasteiger charge is 2.20. The lowest BCUT2D eigenvalue weighted by atomic mass is 10.2. The van der Waals surface area contributed by atoms with Crippen molar-refractivity contribution in [2.24, 2.45) is 0 Å². The number of rotatable bonds is 8. The average molecular weight is 403 g/mol. The van der Waals surface area contributed by atoms with Gasteiger partial charge >= 0.3 is 12.2 Å². The number of hydrogen-bond donors (Lipinski definition) is 0. The third-order valence-corrected chi connectivity index (χ3v) is 3.85. The van der Waals surface area contributed by atoms with Gasteiger partial charge in [-0.1, -0.05) is 43.7 Å². The van der Waals surface area contributed by atoms with Crippen molar-refractivity contribution in [2.45, 2.75) is 32.9 Å². The highest BCUT2D eigenvalue weighted by Crippen LogP contribution is 2.30. The summed E-state index contributed by atoms with van der Waals surface area (Å²) in [6.45, 7) is -0.658. The van der Waals surface area contributed by atoms with Crippen LogP contribution in [0.15, 0.2) is 39.6 Å². The van der Waals surface area contributed by atoms with Gasteiger partial charge in [-0.15, -0.1) is 5.10 Å².